The predicted molar refractivity (Wildman–Crippen MR) is 97.8 cm³/mol. The molecule has 0 radical (unpaired) electrons. The minimum atomic E-state index is -0.218. The van der Waals surface area contributed by atoms with Crippen LogP contribution in [0.2, 0.25) is 0 Å². The molecule has 0 aliphatic rings. The van der Waals surface area contributed by atoms with Crippen LogP contribution in [0.3, 0.4) is 0 Å². The molecule has 3 rings (SSSR count). The van der Waals surface area contributed by atoms with Crippen molar-refractivity contribution in [3.8, 4) is 0 Å². The first-order valence-corrected chi connectivity index (χ1v) is 8.08. The molecule has 1 N–H and O–H groups in total. The van der Waals surface area contributed by atoms with Crippen molar-refractivity contribution >= 4 is 17.0 Å². The number of nitro groups is 1. The summed E-state index contributed by atoms with van der Waals surface area (Å²) < 4.78 is 0. The fourth-order valence-corrected chi connectivity index (χ4v) is 3.28. The van der Waals surface area contributed by atoms with Gasteiger partial charge in [-0.2, -0.15) is 0 Å². The van der Waals surface area contributed by atoms with Gasteiger partial charge >= 0.3 is 0 Å². The van der Waals surface area contributed by atoms with Gasteiger partial charge in [-0.15, -0.1) is 0 Å². The van der Waals surface area contributed by atoms with E-state index in [1.807, 2.05) is 42.5 Å². The van der Waals surface area contributed by atoms with Crippen molar-refractivity contribution in [1.29, 1.82) is 0 Å². The van der Waals surface area contributed by atoms with Crippen molar-refractivity contribution < 1.29 is 4.92 Å². The first-order chi connectivity index (χ1) is 11.7. The van der Waals surface area contributed by atoms with E-state index in [0.29, 0.717) is 0 Å². The molecule has 1 aromatic heterocycles. The van der Waals surface area contributed by atoms with Crippen LogP contribution in [0.25, 0.3) is 17.0 Å². The second kappa shape index (κ2) is 7.13. The van der Waals surface area contributed by atoms with Gasteiger partial charge in [-0.25, -0.2) is 0 Å². The molecule has 3 aromatic rings. The highest BCUT2D eigenvalue weighted by Crippen LogP contribution is 2.33. The smallest absolute Gasteiger partial charge is 0.210 e. The van der Waals surface area contributed by atoms with E-state index in [1.165, 1.54) is 5.56 Å². The highest BCUT2D eigenvalue weighted by molar-refractivity contribution is 5.87. The Bertz CT molecular complexity index is 852. The average molecular weight is 320 g/mol. The molecular weight excluding hydrogens is 300 g/mol. The summed E-state index contributed by atoms with van der Waals surface area (Å²) in [6.45, 7) is 3.79. The predicted octanol–water partition coefficient (Wildman–Crippen LogP) is 4.80. The number of nitrogens with zero attached hydrogens (tertiary/aromatic N) is 1. The summed E-state index contributed by atoms with van der Waals surface area (Å²) in [5.41, 5.74) is 4.09. The lowest BCUT2D eigenvalue weighted by Gasteiger charge is -2.14. The Morgan fingerprint density at radius 2 is 1.83 bits per heavy atom. The Morgan fingerprint density at radius 3 is 2.54 bits per heavy atom. The highest BCUT2D eigenvalue weighted by atomic mass is 16.6. The fourth-order valence-electron chi connectivity index (χ4n) is 3.28. The zero-order chi connectivity index (χ0) is 16.9. The van der Waals surface area contributed by atoms with E-state index in [2.05, 4.69) is 23.7 Å². The number of H-pyrrole nitrogens is 1. The lowest BCUT2D eigenvalue weighted by molar-refractivity contribution is -0.483. The van der Waals surface area contributed by atoms with Gasteiger partial charge in [-0.3, -0.25) is 10.1 Å². The number of nitrogens with one attached hydrogen (secondary N) is 1. The summed E-state index contributed by atoms with van der Waals surface area (Å²) in [4.78, 5) is 14.3. The van der Waals surface area contributed by atoms with Crippen LogP contribution < -0.4 is 0 Å². The first-order valence-electron chi connectivity index (χ1n) is 8.08. The topological polar surface area (TPSA) is 58.9 Å². The molecule has 1 atom stereocenters. The van der Waals surface area contributed by atoms with Gasteiger partial charge in [-0.1, -0.05) is 55.1 Å². The Labute approximate surface area is 141 Å². The molecule has 0 bridgehead atoms. The number of para-hydroxylation sites is 1. The Kier molecular flexibility index (Phi) is 4.75. The lowest BCUT2D eigenvalue weighted by Crippen LogP contribution is -2.14. The van der Waals surface area contributed by atoms with E-state index in [9.17, 15) is 10.1 Å². The lowest BCUT2D eigenvalue weighted by atomic mass is 9.90. The largest absolute Gasteiger partial charge is 0.355 e. The first kappa shape index (κ1) is 16.0. The molecule has 0 aliphatic carbocycles. The van der Waals surface area contributed by atoms with Crippen molar-refractivity contribution in [3.63, 3.8) is 0 Å². The Hall–Kier alpha value is -2.88. The SMILES string of the molecule is C=Cc1[nH]c2ccccc2c1C(CCc1ccccc1)C[N+](=O)[O-]. The summed E-state index contributed by atoms with van der Waals surface area (Å²) in [5, 5.41) is 12.3. The minimum Gasteiger partial charge on any atom is -0.355 e. The number of hydrogen-bond donors (Lipinski definition) is 1. The van der Waals surface area contributed by atoms with E-state index >= 15 is 0 Å². The molecule has 1 unspecified atom stereocenters. The van der Waals surface area contributed by atoms with Gasteiger partial charge in [0, 0.05) is 21.5 Å². The van der Waals surface area contributed by atoms with E-state index in [0.717, 1.165) is 35.0 Å². The summed E-state index contributed by atoms with van der Waals surface area (Å²) in [6, 6.07) is 18.0. The zero-order valence-corrected chi connectivity index (χ0v) is 13.4. The number of fused-ring (bicyclic) bond motifs is 1. The summed E-state index contributed by atoms with van der Waals surface area (Å²) in [6.07, 6.45) is 3.30. The van der Waals surface area contributed by atoms with Gasteiger partial charge in [0.15, 0.2) is 0 Å². The third kappa shape index (κ3) is 3.38. The van der Waals surface area contributed by atoms with Crippen LogP contribution in [0.15, 0.2) is 61.2 Å². The number of aromatic nitrogens is 1. The third-order valence-electron chi connectivity index (χ3n) is 4.38. The average Bonchev–Trinajstić information content (AvgIpc) is 2.98. The van der Waals surface area contributed by atoms with Gasteiger partial charge in [0.2, 0.25) is 6.54 Å². The molecule has 4 nitrogen and oxygen atoms in total. The van der Waals surface area contributed by atoms with Crippen LogP contribution in [0, 0.1) is 10.1 Å². The number of aryl methyl sites for hydroxylation is 1. The molecule has 4 heteroatoms. The van der Waals surface area contributed by atoms with E-state index in [1.54, 1.807) is 6.08 Å². The van der Waals surface area contributed by atoms with Gasteiger partial charge in [0.05, 0.1) is 5.92 Å². The van der Waals surface area contributed by atoms with Gasteiger partial charge in [0.25, 0.3) is 0 Å². The van der Waals surface area contributed by atoms with Crippen LogP contribution >= 0.6 is 0 Å². The third-order valence-corrected chi connectivity index (χ3v) is 4.38. The summed E-state index contributed by atoms with van der Waals surface area (Å²) in [5.74, 6) is -0.149. The zero-order valence-electron chi connectivity index (χ0n) is 13.4. The van der Waals surface area contributed by atoms with Crippen LogP contribution in [0.5, 0.6) is 0 Å². The van der Waals surface area contributed by atoms with Crippen molar-refractivity contribution in [3.05, 3.63) is 88.1 Å². The van der Waals surface area contributed by atoms with Crippen LogP contribution in [0.4, 0.5) is 0 Å². The van der Waals surface area contributed by atoms with Gasteiger partial charge < -0.3 is 4.98 Å². The molecule has 0 amide bonds. The maximum Gasteiger partial charge on any atom is 0.210 e. The van der Waals surface area contributed by atoms with Crippen LogP contribution in [-0.2, 0) is 6.42 Å². The molecule has 24 heavy (non-hydrogen) atoms. The van der Waals surface area contributed by atoms with Crippen molar-refractivity contribution in [2.75, 3.05) is 6.54 Å². The highest BCUT2D eigenvalue weighted by Gasteiger charge is 2.24. The number of rotatable bonds is 7. The molecule has 122 valence electrons. The summed E-state index contributed by atoms with van der Waals surface area (Å²) in [7, 11) is 0. The Balaban J connectivity index is 1.96. The quantitative estimate of drug-likeness (QED) is 0.502. The van der Waals surface area contributed by atoms with E-state index < -0.39 is 0 Å². The van der Waals surface area contributed by atoms with Gasteiger partial charge in [0.1, 0.15) is 0 Å². The van der Waals surface area contributed by atoms with Crippen molar-refractivity contribution in [2.24, 2.45) is 0 Å². The van der Waals surface area contributed by atoms with Crippen LogP contribution in [0.1, 0.15) is 29.2 Å². The molecule has 2 aromatic carbocycles. The molecule has 0 spiro atoms. The van der Waals surface area contributed by atoms with Crippen LogP contribution in [-0.4, -0.2) is 16.5 Å². The fraction of sp³-hybridized carbons (Fsp3) is 0.200. The number of hydrogen-bond acceptors (Lipinski definition) is 2. The molecule has 0 saturated heterocycles. The second-order valence-corrected chi connectivity index (χ2v) is 5.94. The summed E-state index contributed by atoms with van der Waals surface area (Å²) >= 11 is 0. The number of benzene rings is 2. The minimum absolute atomic E-state index is 0.0739. The normalized spacial score (nSPS) is 12.2. The van der Waals surface area contributed by atoms with Crippen molar-refractivity contribution in [1.82, 2.24) is 4.98 Å². The monoisotopic (exact) mass is 320 g/mol. The maximum atomic E-state index is 11.2. The van der Waals surface area contributed by atoms with Crippen molar-refractivity contribution in [2.45, 2.75) is 18.8 Å². The molecule has 1 heterocycles. The number of aromatic amines is 1. The maximum absolute atomic E-state index is 11.2. The molecule has 0 aliphatic heterocycles. The standard InChI is InChI=1S/C20H20N2O2/c1-2-18-20(17-10-6-7-11-19(17)21-18)16(14-22(23)24)13-12-15-8-4-3-5-9-15/h2-11,16,21H,1,12-14H2. The Morgan fingerprint density at radius 1 is 1.12 bits per heavy atom. The van der Waals surface area contributed by atoms with Gasteiger partial charge in [-0.05, 0) is 36.1 Å². The van der Waals surface area contributed by atoms with E-state index in [-0.39, 0.29) is 17.4 Å². The second-order valence-electron chi connectivity index (χ2n) is 5.94. The molecular formula is C20H20N2O2. The molecule has 0 saturated carbocycles. The molecule has 0 fully saturated rings. The van der Waals surface area contributed by atoms with E-state index in [4.69, 9.17) is 0 Å².